The lowest BCUT2D eigenvalue weighted by atomic mass is 9.97. The van der Waals surface area contributed by atoms with E-state index in [9.17, 15) is 4.57 Å². The van der Waals surface area contributed by atoms with Gasteiger partial charge in [-0.1, -0.05) is 32.0 Å². The molecule has 0 spiro atoms. The molecule has 0 bridgehead atoms. The van der Waals surface area contributed by atoms with Crippen LogP contribution in [0.25, 0.3) is 6.08 Å². The smallest absolute Gasteiger partial charge is 0.360 e. The summed E-state index contributed by atoms with van der Waals surface area (Å²) in [5.41, 5.74) is 2.23. The van der Waals surface area contributed by atoms with Crippen LogP contribution in [0.4, 0.5) is 11.4 Å². The largest absolute Gasteiger partial charge is 0.456 e. The Kier molecular flexibility index (Phi) is 5.26. The van der Waals surface area contributed by atoms with Crippen molar-refractivity contribution in [2.24, 2.45) is 15.6 Å². The summed E-state index contributed by atoms with van der Waals surface area (Å²) in [5.74, 6) is 1.14. The Morgan fingerprint density at radius 3 is 2.38 bits per heavy atom. The lowest BCUT2D eigenvalue weighted by Gasteiger charge is -2.34. The van der Waals surface area contributed by atoms with Crippen molar-refractivity contribution in [1.82, 2.24) is 0 Å². The number of rotatable bonds is 3. The Balaban J connectivity index is 1.54. The number of hydrogen-bond donors (Lipinski definition) is 0. The monoisotopic (exact) mass is 410 g/mol. The third-order valence-electron chi connectivity index (χ3n) is 4.68. The number of ether oxygens (including phenoxy) is 1. The molecule has 7 heteroatoms. The zero-order valence-corrected chi connectivity index (χ0v) is 17.6. The van der Waals surface area contributed by atoms with Gasteiger partial charge in [-0.25, -0.2) is 0 Å². The van der Waals surface area contributed by atoms with Crippen LogP contribution in [0.1, 0.15) is 26.3 Å². The minimum absolute atomic E-state index is 0.153. The maximum Gasteiger partial charge on any atom is 0.360 e. The van der Waals surface area contributed by atoms with Gasteiger partial charge in [0.05, 0.1) is 29.9 Å². The van der Waals surface area contributed by atoms with Gasteiger partial charge in [-0.15, -0.1) is 0 Å². The van der Waals surface area contributed by atoms with Gasteiger partial charge in [0, 0.05) is 11.0 Å². The first kappa shape index (κ1) is 19.8. The number of hydrogen-bond acceptors (Lipinski definition) is 6. The van der Waals surface area contributed by atoms with E-state index >= 15 is 0 Å². The number of allylic oxidation sites excluding steroid dienone is 2. The average molecular weight is 410 g/mol. The Morgan fingerprint density at radius 2 is 1.66 bits per heavy atom. The summed E-state index contributed by atoms with van der Waals surface area (Å²) in [6, 6.07) is 15.1. The SMILES string of the molecule is C/C(=C1\C=Cc2cc(N=Nc3ccccc3)ccc2O1)P1(=O)OCC(C)(C)CO1. The second kappa shape index (κ2) is 7.71. The average Bonchev–Trinajstić information content (AvgIpc) is 2.74. The highest BCUT2D eigenvalue weighted by Gasteiger charge is 2.39. The summed E-state index contributed by atoms with van der Waals surface area (Å²) < 4.78 is 30.3. The maximum atomic E-state index is 13.1. The van der Waals surface area contributed by atoms with Crippen LogP contribution in [-0.2, 0) is 13.6 Å². The molecule has 0 unspecified atom stereocenters. The number of benzene rings is 2. The topological polar surface area (TPSA) is 69.5 Å². The highest BCUT2D eigenvalue weighted by atomic mass is 31.2. The van der Waals surface area contributed by atoms with Crippen LogP contribution in [0.5, 0.6) is 5.75 Å². The van der Waals surface area contributed by atoms with E-state index < -0.39 is 7.60 Å². The molecule has 0 aliphatic carbocycles. The van der Waals surface area contributed by atoms with Crippen LogP contribution in [-0.4, -0.2) is 13.2 Å². The summed E-state index contributed by atoms with van der Waals surface area (Å²) in [5, 5.41) is 8.98. The van der Waals surface area contributed by atoms with Crippen LogP contribution in [0.3, 0.4) is 0 Å². The van der Waals surface area contributed by atoms with Crippen LogP contribution in [0.2, 0.25) is 0 Å². The predicted molar refractivity (Wildman–Crippen MR) is 113 cm³/mol. The standard InChI is InChI=1S/C22H23N2O4P/c1-16(29(25)26-14-22(2,3)15-27-29)20-11-9-17-13-19(10-12-21(17)28-20)24-23-18-7-5-4-6-8-18/h4-13H,14-15H2,1-3H3/b20-16-,24-23?. The van der Waals surface area contributed by atoms with Gasteiger partial charge in [-0.05, 0) is 49.4 Å². The van der Waals surface area contributed by atoms with Gasteiger partial charge in [0.25, 0.3) is 0 Å². The molecule has 29 heavy (non-hydrogen) atoms. The van der Waals surface area contributed by atoms with Crippen LogP contribution in [0, 0.1) is 5.41 Å². The molecule has 2 aliphatic rings. The first-order valence-electron chi connectivity index (χ1n) is 9.42. The molecule has 1 fully saturated rings. The predicted octanol–water partition coefficient (Wildman–Crippen LogP) is 7.01. The number of nitrogens with zero attached hydrogens (tertiary/aromatic N) is 2. The molecule has 4 rings (SSSR count). The molecule has 0 aromatic heterocycles. The molecule has 2 aromatic carbocycles. The van der Waals surface area contributed by atoms with E-state index in [1.807, 2.05) is 68.5 Å². The molecular weight excluding hydrogens is 387 g/mol. The summed E-state index contributed by atoms with van der Waals surface area (Å²) in [6.45, 7) is 6.51. The van der Waals surface area contributed by atoms with Crippen LogP contribution >= 0.6 is 7.60 Å². The molecule has 2 aliphatic heterocycles. The van der Waals surface area contributed by atoms with E-state index in [0.717, 1.165) is 16.9 Å². The summed E-state index contributed by atoms with van der Waals surface area (Å²) >= 11 is 0. The van der Waals surface area contributed by atoms with Gasteiger partial charge in [-0.2, -0.15) is 10.2 Å². The maximum absolute atomic E-state index is 13.1. The third-order valence-corrected chi connectivity index (χ3v) is 6.66. The van der Waals surface area contributed by atoms with E-state index in [-0.39, 0.29) is 5.41 Å². The van der Waals surface area contributed by atoms with E-state index in [1.165, 1.54) is 0 Å². The minimum atomic E-state index is -3.35. The van der Waals surface area contributed by atoms with Crippen molar-refractivity contribution in [1.29, 1.82) is 0 Å². The van der Waals surface area contributed by atoms with E-state index in [1.54, 1.807) is 13.0 Å². The third kappa shape index (κ3) is 4.40. The van der Waals surface area contributed by atoms with Crippen molar-refractivity contribution in [3.05, 3.63) is 71.2 Å². The molecule has 2 heterocycles. The summed E-state index contributed by atoms with van der Waals surface area (Å²) in [7, 11) is -3.35. The molecule has 0 radical (unpaired) electrons. The quantitative estimate of drug-likeness (QED) is 0.403. The molecule has 150 valence electrons. The van der Waals surface area contributed by atoms with Crippen molar-refractivity contribution in [2.75, 3.05) is 13.2 Å². The Morgan fingerprint density at radius 1 is 0.966 bits per heavy atom. The van der Waals surface area contributed by atoms with Crippen molar-refractivity contribution in [2.45, 2.75) is 20.8 Å². The molecule has 0 amide bonds. The van der Waals surface area contributed by atoms with Gasteiger partial charge >= 0.3 is 7.60 Å². The second-order valence-corrected chi connectivity index (χ2v) is 10.0. The van der Waals surface area contributed by atoms with Crippen molar-refractivity contribution < 1.29 is 18.3 Å². The number of azo groups is 1. The lowest BCUT2D eigenvalue weighted by Crippen LogP contribution is -2.29. The van der Waals surface area contributed by atoms with Gasteiger partial charge in [0.1, 0.15) is 11.5 Å². The molecule has 0 saturated carbocycles. The zero-order chi connectivity index (χ0) is 20.5. The van der Waals surface area contributed by atoms with Crippen LogP contribution < -0.4 is 4.74 Å². The fraction of sp³-hybridized carbons (Fsp3) is 0.273. The fourth-order valence-corrected chi connectivity index (χ4v) is 4.76. The Bertz CT molecular complexity index is 1040. The minimum Gasteiger partial charge on any atom is -0.456 e. The van der Waals surface area contributed by atoms with E-state index in [4.69, 9.17) is 13.8 Å². The van der Waals surface area contributed by atoms with E-state index in [0.29, 0.717) is 30.0 Å². The van der Waals surface area contributed by atoms with Gasteiger partial charge in [-0.3, -0.25) is 4.57 Å². The molecule has 0 N–H and O–H groups in total. The molecule has 2 aromatic rings. The molecular formula is C22H23N2O4P. The van der Waals surface area contributed by atoms with Gasteiger partial charge in [0.15, 0.2) is 0 Å². The molecule has 6 nitrogen and oxygen atoms in total. The van der Waals surface area contributed by atoms with Crippen molar-refractivity contribution in [3.8, 4) is 5.75 Å². The zero-order valence-electron chi connectivity index (χ0n) is 16.7. The highest BCUT2D eigenvalue weighted by molar-refractivity contribution is 7.58. The lowest BCUT2D eigenvalue weighted by molar-refractivity contribution is 0.0442. The summed E-state index contributed by atoms with van der Waals surface area (Å²) in [6.07, 6.45) is 3.68. The Labute approximate surface area is 170 Å². The van der Waals surface area contributed by atoms with Gasteiger partial charge in [0.2, 0.25) is 0 Å². The first-order valence-corrected chi connectivity index (χ1v) is 11.0. The normalized spacial score (nSPS) is 21.5. The van der Waals surface area contributed by atoms with Crippen molar-refractivity contribution in [3.63, 3.8) is 0 Å². The molecule has 1 saturated heterocycles. The Hall–Kier alpha value is -2.53. The first-order chi connectivity index (χ1) is 13.8. The van der Waals surface area contributed by atoms with Gasteiger partial charge < -0.3 is 13.8 Å². The highest BCUT2D eigenvalue weighted by Crippen LogP contribution is 2.61. The van der Waals surface area contributed by atoms with E-state index in [2.05, 4.69) is 10.2 Å². The number of fused-ring (bicyclic) bond motifs is 1. The summed E-state index contributed by atoms with van der Waals surface area (Å²) in [4.78, 5) is 0. The molecule has 0 atom stereocenters. The second-order valence-electron chi connectivity index (χ2n) is 7.85. The van der Waals surface area contributed by atoms with Crippen molar-refractivity contribution >= 4 is 25.0 Å². The van der Waals surface area contributed by atoms with Crippen LogP contribution in [0.15, 0.2) is 75.9 Å². The fourth-order valence-electron chi connectivity index (χ4n) is 2.87.